The fourth-order valence-corrected chi connectivity index (χ4v) is 2.23. The SMILES string of the molecule is C[C@@H](OC(=O)CCC(=O)c1ccc(F)cc1)C(=O)Nc1ccccc1C#N. The first-order chi connectivity index (χ1) is 12.9. The lowest BCUT2D eigenvalue weighted by atomic mass is 10.1. The summed E-state index contributed by atoms with van der Waals surface area (Å²) in [6.45, 7) is 1.39. The number of nitrogens with zero attached hydrogens (tertiary/aromatic N) is 1. The molecule has 27 heavy (non-hydrogen) atoms. The van der Waals surface area contributed by atoms with Crippen molar-refractivity contribution in [1.29, 1.82) is 5.26 Å². The van der Waals surface area contributed by atoms with Crippen molar-refractivity contribution in [2.75, 3.05) is 5.32 Å². The lowest BCUT2D eigenvalue weighted by Gasteiger charge is -2.14. The second kappa shape index (κ2) is 9.25. The Labute approximate surface area is 155 Å². The smallest absolute Gasteiger partial charge is 0.307 e. The highest BCUT2D eigenvalue weighted by molar-refractivity contribution is 5.98. The van der Waals surface area contributed by atoms with Crippen LogP contribution in [0.3, 0.4) is 0 Å². The van der Waals surface area contributed by atoms with E-state index >= 15 is 0 Å². The Morgan fingerprint density at radius 3 is 2.44 bits per heavy atom. The van der Waals surface area contributed by atoms with E-state index in [1.165, 1.54) is 19.1 Å². The van der Waals surface area contributed by atoms with Gasteiger partial charge in [0, 0.05) is 12.0 Å². The summed E-state index contributed by atoms with van der Waals surface area (Å²) in [5.74, 6) is -2.08. The topological polar surface area (TPSA) is 96.3 Å². The number of esters is 1. The molecule has 2 rings (SSSR count). The molecule has 0 unspecified atom stereocenters. The number of nitrogens with one attached hydrogen (secondary N) is 1. The van der Waals surface area contributed by atoms with Crippen molar-refractivity contribution >= 4 is 23.3 Å². The van der Waals surface area contributed by atoms with Gasteiger partial charge in [-0.3, -0.25) is 14.4 Å². The molecular formula is C20H17FN2O4. The van der Waals surface area contributed by atoms with Gasteiger partial charge in [0.05, 0.1) is 17.7 Å². The molecule has 1 amide bonds. The summed E-state index contributed by atoms with van der Waals surface area (Å²) < 4.78 is 17.9. The van der Waals surface area contributed by atoms with Gasteiger partial charge in [-0.05, 0) is 43.3 Å². The molecule has 0 bridgehead atoms. The highest BCUT2D eigenvalue weighted by Crippen LogP contribution is 2.14. The molecule has 0 spiro atoms. The normalized spacial score (nSPS) is 11.1. The van der Waals surface area contributed by atoms with Crippen LogP contribution in [0, 0.1) is 17.1 Å². The minimum absolute atomic E-state index is 0.115. The molecule has 6 nitrogen and oxygen atoms in total. The average molecular weight is 368 g/mol. The number of anilines is 1. The number of amides is 1. The third-order valence-corrected chi connectivity index (χ3v) is 3.71. The summed E-state index contributed by atoms with van der Waals surface area (Å²) in [6.07, 6.45) is -1.41. The zero-order valence-corrected chi connectivity index (χ0v) is 14.6. The Bertz CT molecular complexity index is 888. The summed E-state index contributed by atoms with van der Waals surface area (Å²) >= 11 is 0. The Kier molecular flexibility index (Phi) is 6.78. The molecule has 0 aliphatic heterocycles. The quantitative estimate of drug-likeness (QED) is 0.598. The third-order valence-electron chi connectivity index (χ3n) is 3.71. The molecule has 2 aromatic rings. The van der Waals surface area contributed by atoms with E-state index in [1.807, 2.05) is 6.07 Å². The van der Waals surface area contributed by atoms with Gasteiger partial charge in [0.15, 0.2) is 11.9 Å². The summed E-state index contributed by atoms with van der Waals surface area (Å²) in [5, 5.41) is 11.5. The van der Waals surface area contributed by atoms with Gasteiger partial charge in [-0.25, -0.2) is 4.39 Å². The molecular weight excluding hydrogens is 351 g/mol. The predicted octanol–water partition coefficient (Wildman–Crippen LogP) is 3.23. The molecule has 0 saturated heterocycles. The number of para-hydroxylation sites is 1. The van der Waals surface area contributed by atoms with Gasteiger partial charge in [-0.1, -0.05) is 12.1 Å². The largest absolute Gasteiger partial charge is 0.453 e. The maximum Gasteiger partial charge on any atom is 0.307 e. The van der Waals surface area contributed by atoms with Crippen LogP contribution in [0.4, 0.5) is 10.1 Å². The first kappa shape index (κ1) is 19.8. The number of hydrogen-bond donors (Lipinski definition) is 1. The Balaban J connectivity index is 1.84. The summed E-state index contributed by atoms with van der Waals surface area (Å²) in [6, 6.07) is 13.4. The predicted molar refractivity (Wildman–Crippen MR) is 95.3 cm³/mol. The minimum Gasteiger partial charge on any atom is -0.453 e. The van der Waals surface area contributed by atoms with Gasteiger partial charge >= 0.3 is 5.97 Å². The highest BCUT2D eigenvalue weighted by atomic mass is 19.1. The summed E-state index contributed by atoms with van der Waals surface area (Å²) in [5.41, 5.74) is 0.900. The standard InChI is InChI=1S/C20H17FN2O4/c1-13(20(26)23-17-5-3-2-4-15(17)12-22)27-19(25)11-10-18(24)14-6-8-16(21)9-7-14/h2-9,13H,10-11H2,1H3,(H,23,26)/t13-/m1/s1. The second-order valence-corrected chi connectivity index (χ2v) is 5.71. The lowest BCUT2D eigenvalue weighted by molar-refractivity contribution is -0.153. The maximum atomic E-state index is 12.8. The van der Waals surface area contributed by atoms with Crippen LogP contribution >= 0.6 is 0 Å². The zero-order chi connectivity index (χ0) is 19.8. The van der Waals surface area contributed by atoms with Crippen molar-refractivity contribution in [3.63, 3.8) is 0 Å². The Morgan fingerprint density at radius 2 is 1.78 bits per heavy atom. The van der Waals surface area contributed by atoms with E-state index in [0.717, 1.165) is 12.1 Å². The van der Waals surface area contributed by atoms with Crippen LogP contribution < -0.4 is 5.32 Å². The van der Waals surface area contributed by atoms with Crippen LogP contribution in [0.15, 0.2) is 48.5 Å². The van der Waals surface area contributed by atoms with Crippen molar-refractivity contribution in [1.82, 2.24) is 0 Å². The van der Waals surface area contributed by atoms with Crippen LogP contribution in [0.2, 0.25) is 0 Å². The Morgan fingerprint density at radius 1 is 1.11 bits per heavy atom. The number of carbonyl (C=O) groups excluding carboxylic acids is 3. The molecule has 1 N–H and O–H groups in total. The van der Waals surface area contributed by atoms with E-state index in [4.69, 9.17) is 10.00 Å². The summed E-state index contributed by atoms with van der Waals surface area (Å²) in [7, 11) is 0. The number of ketones is 1. The fraction of sp³-hybridized carbons (Fsp3) is 0.200. The molecule has 0 aliphatic carbocycles. The molecule has 138 valence electrons. The zero-order valence-electron chi connectivity index (χ0n) is 14.6. The van der Waals surface area contributed by atoms with Crippen LogP contribution in [0.25, 0.3) is 0 Å². The second-order valence-electron chi connectivity index (χ2n) is 5.71. The van der Waals surface area contributed by atoms with E-state index in [1.54, 1.807) is 24.3 Å². The number of Topliss-reactive ketones (excluding diaryl/α,β-unsaturated/α-hetero) is 1. The number of benzene rings is 2. The van der Waals surface area contributed by atoms with Gasteiger partial charge in [0.1, 0.15) is 11.9 Å². The van der Waals surface area contributed by atoms with Gasteiger partial charge in [0.25, 0.3) is 5.91 Å². The fourth-order valence-electron chi connectivity index (χ4n) is 2.23. The van der Waals surface area contributed by atoms with E-state index in [-0.39, 0.29) is 24.2 Å². The number of halogens is 1. The van der Waals surface area contributed by atoms with Gasteiger partial charge in [-0.15, -0.1) is 0 Å². The number of hydrogen-bond acceptors (Lipinski definition) is 5. The maximum absolute atomic E-state index is 12.8. The molecule has 0 fully saturated rings. The number of rotatable bonds is 7. The molecule has 0 aromatic heterocycles. The molecule has 0 radical (unpaired) electrons. The molecule has 1 atom stereocenters. The van der Waals surface area contributed by atoms with Gasteiger partial charge in [0.2, 0.25) is 0 Å². The summed E-state index contributed by atoms with van der Waals surface area (Å²) in [4.78, 5) is 35.9. The van der Waals surface area contributed by atoms with E-state index in [2.05, 4.69) is 5.32 Å². The number of nitriles is 1. The van der Waals surface area contributed by atoms with Crippen molar-refractivity contribution in [3.8, 4) is 6.07 Å². The molecule has 0 aliphatic rings. The van der Waals surface area contributed by atoms with Crippen molar-refractivity contribution in [2.24, 2.45) is 0 Å². The van der Waals surface area contributed by atoms with E-state index in [9.17, 15) is 18.8 Å². The van der Waals surface area contributed by atoms with Gasteiger partial charge < -0.3 is 10.1 Å². The Hall–Kier alpha value is -3.53. The first-order valence-corrected chi connectivity index (χ1v) is 8.19. The van der Waals surface area contributed by atoms with Crippen molar-refractivity contribution in [3.05, 3.63) is 65.5 Å². The van der Waals surface area contributed by atoms with Gasteiger partial charge in [-0.2, -0.15) is 5.26 Å². The minimum atomic E-state index is -1.09. The first-order valence-electron chi connectivity index (χ1n) is 8.19. The molecule has 2 aromatic carbocycles. The third kappa shape index (κ3) is 5.75. The lowest BCUT2D eigenvalue weighted by Crippen LogP contribution is -2.30. The number of ether oxygens (including phenoxy) is 1. The number of carbonyl (C=O) groups is 3. The highest BCUT2D eigenvalue weighted by Gasteiger charge is 2.19. The average Bonchev–Trinajstić information content (AvgIpc) is 2.67. The van der Waals surface area contributed by atoms with Crippen LogP contribution in [0.1, 0.15) is 35.7 Å². The molecule has 0 heterocycles. The van der Waals surface area contributed by atoms with Crippen LogP contribution in [0.5, 0.6) is 0 Å². The van der Waals surface area contributed by atoms with Crippen LogP contribution in [-0.4, -0.2) is 23.8 Å². The monoisotopic (exact) mass is 368 g/mol. The molecule has 7 heteroatoms. The molecule has 0 saturated carbocycles. The van der Waals surface area contributed by atoms with E-state index in [0.29, 0.717) is 11.3 Å². The van der Waals surface area contributed by atoms with E-state index < -0.39 is 23.8 Å². The van der Waals surface area contributed by atoms with Crippen molar-refractivity contribution in [2.45, 2.75) is 25.9 Å². The van der Waals surface area contributed by atoms with Crippen LogP contribution in [-0.2, 0) is 14.3 Å². The van der Waals surface area contributed by atoms with Crippen molar-refractivity contribution < 1.29 is 23.5 Å².